The zero-order valence-electron chi connectivity index (χ0n) is 52.9. The van der Waals surface area contributed by atoms with E-state index in [1.54, 1.807) is 0 Å². The molecule has 0 bridgehead atoms. The van der Waals surface area contributed by atoms with E-state index in [-0.39, 0.29) is 63.1 Å². The Labute approximate surface area is 498 Å². The quantitative estimate of drug-likeness (QED) is 0.0615. The molecule has 2 aliphatic heterocycles. The van der Waals surface area contributed by atoms with Gasteiger partial charge in [-0.3, -0.25) is 19.2 Å². The summed E-state index contributed by atoms with van der Waals surface area (Å²) in [4.78, 5) is 66.1. The van der Waals surface area contributed by atoms with E-state index in [0.29, 0.717) is 67.7 Å². The summed E-state index contributed by atoms with van der Waals surface area (Å²) >= 11 is 0. The molecule has 0 N–H and O–H groups in total. The van der Waals surface area contributed by atoms with Crippen molar-refractivity contribution in [2.24, 2.45) is 10.8 Å². The van der Waals surface area contributed by atoms with Gasteiger partial charge in [0.25, 0.3) is 23.6 Å². The first-order valence-corrected chi connectivity index (χ1v) is 30.6. The van der Waals surface area contributed by atoms with Gasteiger partial charge in [-0.05, 0) is 167 Å². The van der Waals surface area contributed by atoms with Crippen molar-refractivity contribution in [3.8, 4) is 11.5 Å². The van der Waals surface area contributed by atoms with Gasteiger partial charge in [0.1, 0.15) is 11.5 Å². The molecule has 0 atom stereocenters. The van der Waals surface area contributed by atoms with Gasteiger partial charge in [0.2, 0.25) is 0 Å². The van der Waals surface area contributed by atoms with Gasteiger partial charge in [-0.2, -0.15) is 0 Å². The number of benzene rings is 9. The molecule has 0 fully saturated rings. The van der Waals surface area contributed by atoms with E-state index < -0.39 is 5.91 Å². The average molecular weight is 1120 g/mol. The van der Waals surface area contributed by atoms with Crippen molar-refractivity contribution in [2.45, 2.75) is 178 Å². The third-order valence-corrected chi connectivity index (χ3v) is 18.0. The van der Waals surface area contributed by atoms with E-state index in [1.165, 1.54) is 20.9 Å². The minimum Gasteiger partial charge on any atom is -0.457 e. The van der Waals surface area contributed by atoms with E-state index in [1.807, 2.05) is 84.9 Å². The van der Waals surface area contributed by atoms with Gasteiger partial charge in [0, 0.05) is 38.2 Å². The highest BCUT2D eigenvalue weighted by Gasteiger charge is 2.42. The van der Waals surface area contributed by atoms with Crippen LogP contribution in [0.15, 0.2) is 121 Å². The first kappa shape index (κ1) is 58.1. The third kappa shape index (κ3) is 9.77. The van der Waals surface area contributed by atoms with Gasteiger partial charge in [0.05, 0.1) is 16.9 Å². The number of para-hydroxylation sites is 2. The smallest absolute Gasteiger partial charge is 0.266 e. The Morgan fingerprint density at radius 2 is 0.762 bits per heavy atom. The van der Waals surface area contributed by atoms with Crippen LogP contribution < -0.4 is 14.5 Å². The Morgan fingerprint density at radius 1 is 0.393 bits per heavy atom. The predicted octanol–water partition coefficient (Wildman–Crippen LogP) is 20.6. The van der Waals surface area contributed by atoms with Crippen LogP contribution in [0.4, 0.5) is 11.4 Å². The summed E-state index contributed by atoms with van der Waals surface area (Å²) < 4.78 is 7.24. The van der Waals surface area contributed by atoms with E-state index in [9.17, 15) is 0 Å². The maximum absolute atomic E-state index is 16.0. The molecule has 0 aliphatic carbocycles. The molecule has 0 saturated heterocycles. The fourth-order valence-electron chi connectivity index (χ4n) is 14.9. The van der Waals surface area contributed by atoms with Crippen LogP contribution in [-0.2, 0) is 17.3 Å². The normalized spacial score (nSPS) is 14.5. The first-order valence-electron chi connectivity index (χ1n) is 30.6. The van der Waals surface area contributed by atoms with Crippen LogP contribution in [-0.4, -0.2) is 23.6 Å². The van der Waals surface area contributed by atoms with E-state index in [4.69, 9.17) is 4.74 Å². The van der Waals surface area contributed by atoms with Gasteiger partial charge in [-0.15, -0.1) is 0 Å². The lowest BCUT2D eigenvalue weighted by Gasteiger charge is -2.34. The molecule has 2 aliphatic rings. The summed E-state index contributed by atoms with van der Waals surface area (Å²) in [5.74, 6) is -0.432. The third-order valence-electron chi connectivity index (χ3n) is 18.0. The van der Waals surface area contributed by atoms with Gasteiger partial charge in [-0.25, -0.2) is 9.80 Å². The molecule has 7 heteroatoms. The van der Waals surface area contributed by atoms with Gasteiger partial charge in [-0.1, -0.05) is 210 Å². The van der Waals surface area contributed by atoms with Gasteiger partial charge < -0.3 is 4.74 Å². The van der Waals surface area contributed by atoms with Crippen LogP contribution in [0.2, 0.25) is 0 Å². The molecule has 11 rings (SSSR count). The number of carbonyl (C=O) groups excluding carboxylic acids is 4. The lowest BCUT2D eigenvalue weighted by atomic mass is 9.72. The van der Waals surface area contributed by atoms with Crippen LogP contribution in [0.1, 0.15) is 247 Å². The number of amides is 4. The van der Waals surface area contributed by atoms with Crippen molar-refractivity contribution in [2.75, 3.05) is 9.80 Å². The van der Waals surface area contributed by atoms with Crippen molar-refractivity contribution >= 4 is 78.1 Å². The van der Waals surface area contributed by atoms with Crippen LogP contribution in [0, 0.1) is 10.8 Å². The second kappa shape index (κ2) is 20.6. The summed E-state index contributed by atoms with van der Waals surface area (Å²) in [5.41, 5.74) is 11.1. The highest BCUT2D eigenvalue weighted by atomic mass is 16.5. The van der Waals surface area contributed by atoms with E-state index >= 15 is 19.2 Å². The number of hydrogen-bond donors (Lipinski definition) is 0. The highest BCUT2D eigenvalue weighted by molar-refractivity contribution is 6.46. The monoisotopic (exact) mass is 1120 g/mol. The molecule has 0 spiro atoms. The number of hydrogen-bond acceptors (Lipinski definition) is 5. The molecule has 2 heterocycles. The standard InChI is InChI=1S/C77H84N2O5/c1-42(2)51-21-19-22-52(43(3)4)68(51)78-70(80)57-36-34-56-65-61(84-50-31-29-49(30-32-50)77(17,18)41-75(12,13)14)39-60-64-58(71(81)79(73(60)83)69-53(44(5)6)23-20-24-54(69)45(7)8)35-33-55(67(64)65)62-47(38-59(72(78)82)63(57)66(56)62)37-46-25-27-48(28-26-46)76(15,16)40-74(9,10)11/h19-36,38-39,42-45H,37,40-41H2,1-18H3. The lowest BCUT2D eigenvalue weighted by molar-refractivity contribution is 0.0877. The molecule has 0 saturated carbocycles. The van der Waals surface area contributed by atoms with Crippen molar-refractivity contribution in [3.05, 3.63) is 188 Å². The zero-order valence-corrected chi connectivity index (χ0v) is 52.9. The second-order valence-electron chi connectivity index (χ2n) is 29.4. The Hall–Kier alpha value is -7.64. The SMILES string of the molecule is CC(C)c1cccc(C(C)C)c1N1C(=O)c2ccc3c4c(Oc5ccc(C(C)(C)CC(C)(C)C)cc5)cc5c6c(ccc(c7c(Cc8ccc(C(C)(C)CC(C)(C)C)cc8)cc(c2c37)C1=O)c64)C(=O)N(c1c(C(C)C)cccc1C(C)C)C5=O. The molecule has 432 valence electrons. The number of fused-ring (bicyclic) bond motifs is 2. The van der Waals surface area contributed by atoms with E-state index in [0.717, 1.165) is 73.2 Å². The summed E-state index contributed by atoms with van der Waals surface area (Å²) in [6.45, 7) is 39.7. The fourth-order valence-corrected chi connectivity index (χ4v) is 14.9. The Balaban J connectivity index is 1.23. The highest BCUT2D eigenvalue weighted by Crippen LogP contribution is 2.53. The first-order chi connectivity index (χ1) is 39.4. The van der Waals surface area contributed by atoms with Crippen LogP contribution in [0.3, 0.4) is 0 Å². The maximum Gasteiger partial charge on any atom is 0.266 e. The molecule has 9 aromatic carbocycles. The Kier molecular flexibility index (Phi) is 14.2. The number of ether oxygens (including phenoxy) is 1. The fraction of sp³-hybridized carbons (Fsp3) is 0.377. The molecule has 84 heavy (non-hydrogen) atoms. The Morgan fingerprint density at radius 3 is 1.17 bits per heavy atom. The molecule has 0 radical (unpaired) electrons. The van der Waals surface area contributed by atoms with Crippen molar-refractivity contribution < 1.29 is 23.9 Å². The molecule has 0 unspecified atom stereocenters. The van der Waals surface area contributed by atoms with Crippen LogP contribution in [0.25, 0.3) is 43.1 Å². The van der Waals surface area contributed by atoms with Crippen molar-refractivity contribution in [1.29, 1.82) is 0 Å². The maximum atomic E-state index is 16.0. The van der Waals surface area contributed by atoms with Gasteiger partial charge in [0.15, 0.2) is 0 Å². The second-order valence-corrected chi connectivity index (χ2v) is 29.4. The number of imide groups is 2. The number of nitrogens with zero attached hydrogens (tertiary/aromatic N) is 2. The summed E-state index contributed by atoms with van der Waals surface area (Å²) in [6.07, 6.45) is 2.43. The minimum absolute atomic E-state index is 0.0163. The van der Waals surface area contributed by atoms with Crippen molar-refractivity contribution in [1.82, 2.24) is 0 Å². The molecule has 4 amide bonds. The van der Waals surface area contributed by atoms with Crippen molar-refractivity contribution in [3.63, 3.8) is 0 Å². The molecule has 7 nitrogen and oxygen atoms in total. The Bertz CT molecular complexity index is 3850. The zero-order chi connectivity index (χ0) is 60.6. The summed E-state index contributed by atoms with van der Waals surface area (Å²) in [6, 6.07) is 41.1. The summed E-state index contributed by atoms with van der Waals surface area (Å²) in [7, 11) is 0. The van der Waals surface area contributed by atoms with E-state index in [2.05, 4.69) is 161 Å². The van der Waals surface area contributed by atoms with Crippen LogP contribution in [0.5, 0.6) is 11.5 Å². The number of rotatable bonds is 14. The average Bonchev–Trinajstić information content (AvgIpc) is 0.693. The molecule has 0 aromatic heterocycles. The molecule has 9 aromatic rings. The summed E-state index contributed by atoms with van der Waals surface area (Å²) in [5, 5.41) is 5.77. The predicted molar refractivity (Wildman–Crippen MR) is 349 cm³/mol. The molecular formula is C77H84N2O5. The largest absolute Gasteiger partial charge is 0.457 e. The number of carbonyl (C=O) groups is 4. The topological polar surface area (TPSA) is 84.0 Å². The number of anilines is 2. The lowest BCUT2D eigenvalue weighted by Crippen LogP contribution is -2.42. The van der Waals surface area contributed by atoms with Crippen LogP contribution >= 0.6 is 0 Å². The van der Waals surface area contributed by atoms with Gasteiger partial charge >= 0.3 is 0 Å². The minimum atomic E-state index is -0.417. The molecular weight excluding hydrogens is 1030 g/mol.